The van der Waals surface area contributed by atoms with Gasteiger partial charge in [0.2, 0.25) is 5.75 Å². The molecule has 128 valence electrons. The van der Waals surface area contributed by atoms with Crippen molar-refractivity contribution in [3.05, 3.63) is 53.6 Å². The topological polar surface area (TPSA) is 56.8 Å². The third-order valence-corrected chi connectivity index (χ3v) is 3.87. The monoisotopic (exact) mass is 329 g/mol. The van der Waals surface area contributed by atoms with E-state index in [1.165, 1.54) is 21.3 Å². The van der Waals surface area contributed by atoms with Crippen molar-refractivity contribution >= 4 is 5.91 Å². The van der Waals surface area contributed by atoms with Crippen LogP contribution in [0.2, 0.25) is 0 Å². The fourth-order valence-corrected chi connectivity index (χ4v) is 2.56. The first-order valence-corrected chi connectivity index (χ1v) is 7.61. The fraction of sp³-hybridized carbons (Fsp3) is 0.316. The second-order valence-corrected chi connectivity index (χ2v) is 5.83. The number of nitrogens with one attached hydrogen (secondary N) is 1. The Labute approximate surface area is 142 Å². The van der Waals surface area contributed by atoms with E-state index in [1.54, 1.807) is 12.1 Å². The molecule has 0 unspecified atom stereocenters. The summed E-state index contributed by atoms with van der Waals surface area (Å²) in [6.45, 7) is 3.90. The molecule has 0 atom stereocenters. The predicted molar refractivity (Wildman–Crippen MR) is 93.0 cm³/mol. The van der Waals surface area contributed by atoms with Crippen LogP contribution in [0.3, 0.4) is 0 Å². The molecule has 2 aromatic carbocycles. The van der Waals surface area contributed by atoms with Crippen molar-refractivity contribution in [3.8, 4) is 17.2 Å². The van der Waals surface area contributed by atoms with E-state index in [9.17, 15) is 4.79 Å². The van der Waals surface area contributed by atoms with E-state index in [2.05, 4.69) is 5.32 Å². The first-order chi connectivity index (χ1) is 11.4. The number of carbonyl (C=O) groups excluding carboxylic acids is 1. The predicted octanol–water partition coefficient (Wildman–Crippen LogP) is 3.38. The molecule has 1 N–H and O–H groups in total. The number of hydrogen-bond donors (Lipinski definition) is 1. The minimum absolute atomic E-state index is 0.248. The van der Waals surface area contributed by atoms with Crippen molar-refractivity contribution in [1.29, 1.82) is 0 Å². The maximum Gasteiger partial charge on any atom is 0.255 e. The Balaban J connectivity index is 2.36. The van der Waals surface area contributed by atoms with Gasteiger partial charge in [-0.25, -0.2) is 0 Å². The number of amides is 1. The number of carbonyl (C=O) groups is 1. The summed E-state index contributed by atoms with van der Waals surface area (Å²) in [5, 5.41) is 3.04. The Morgan fingerprint density at radius 1 is 0.875 bits per heavy atom. The van der Waals surface area contributed by atoms with E-state index in [1.807, 2.05) is 44.2 Å². The smallest absolute Gasteiger partial charge is 0.255 e. The zero-order valence-electron chi connectivity index (χ0n) is 14.7. The normalized spacial score (nSPS) is 10.9. The molecule has 0 spiro atoms. The summed E-state index contributed by atoms with van der Waals surface area (Å²) >= 11 is 0. The molecular weight excluding hydrogens is 306 g/mol. The molecule has 2 rings (SSSR count). The molecule has 0 saturated carbocycles. The summed E-state index contributed by atoms with van der Waals surface area (Å²) in [6.07, 6.45) is 0. The van der Waals surface area contributed by atoms with Crippen molar-refractivity contribution < 1.29 is 19.0 Å². The third-order valence-electron chi connectivity index (χ3n) is 3.87. The zero-order chi connectivity index (χ0) is 17.7. The summed E-state index contributed by atoms with van der Waals surface area (Å²) in [5.74, 6) is 0.998. The molecule has 24 heavy (non-hydrogen) atoms. The molecule has 0 aliphatic heterocycles. The van der Waals surface area contributed by atoms with Crippen LogP contribution in [0.15, 0.2) is 42.5 Å². The van der Waals surface area contributed by atoms with Crippen molar-refractivity contribution in [2.24, 2.45) is 0 Å². The Bertz CT molecular complexity index is 711. The average molecular weight is 329 g/mol. The Morgan fingerprint density at radius 3 is 2.04 bits per heavy atom. The van der Waals surface area contributed by atoms with Crippen LogP contribution in [0.1, 0.15) is 29.8 Å². The highest BCUT2D eigenvalue weighted by atomic mass is 16.5. The van der Waals surface area contributed by atoms with Gasteiger partial charge in [0.15, 0.2) is 11.5 Å². The standard InChI is InChI=1S/C19H23NO4/c1-19(2,13-9-7-6-8-10-13)20-18(21)14-11-12-15(22-3)17(24-5)16(14)23-4/h6-12H,1-5H3,(H,20,21). The summed E-state index contributed by atoms with van der Waals surface area (Å²) < 4.78 is 16.0. The van der Waals surface area contributed by atoms with Crippen LogP contribution in [0.5, 0.6) is 17.2 Å². The molecule has 0 heterocycles. The van der Waals surface area contributed by atoms with Gasteiger partial charge < -0.3 is 19.5 Å². The average Bonchev–Trinajstić information content (AvgIpc) is 2.60. The maximum atomic E-state index is 12.8. The minimum atomic E-state index is -0.531. The molecule has 5 heteroatoms. The van der Waals surface area contributed by atoms with E-state index in [0.717, 1.165) is 5.56 Å². The molecular formula is C19H23NO4. The van der Waals surface area contributed by atoms with Crippen LogP contribution in [-0.4, -0.2) is 27.2 Å². The molecule has 0 aliphatic rings. The van der Waals surface area contributed by atoms with Crippen molar-refractivity contribution in [3.63, 3.8) is 0 Å². The quantitative estimate of drug-likeness (QED) is 0.883. The van der Waals surface area contributed by atoms with E-state index in [4.69, 9.17) is 14.2 Å². The van der Waals surface area contributed by atoms with Crippen LogP contribution in [0, 0.1) is 0 Å². The van der Waals surface area contributed by atoms with Gasteiger partial charge in [0.05, 0.1) is 32.4 Å². The second-order valence-electron chi connectivity index (χ2n) is 5.83. The van der Waals surface area contributed by atoms with E-state index in [0.29, 0.717) is 22.8 Å². The number of ether oxygens (including phenoxy) is 3. The number of methoxy groups -OCH3 is 3. The summed E-state index contributed by atoms with van der Waals surface area (Å²) in [7, 11) is 4.54. The van der Waals surface area contributed by atoms with Gasteiger partial charge in [0, 0.05) is 0 Å². The summed E-state index contributed by atoms with van der Waals surface area (Å²) in [6, 6.07) is 13.1. The Morgan fingerprint density at radius 2 is 1.50 bits per heavy atom. The van der Waals surface area contributed by atoms with Gasteiger partial charge >= 0.3 is 0 Å². The van der Waals surface area contributed by atoms with Gasteiger partial charge in [0.25, 0.3) is 5.91 Å². The van der Waals surface area contributed by atoms with E-state index >= 15 is 0 Å². The van der Waals surface area contributed by atoms with Crippen LogP contribution >= 0.6 is 0 Å². The van der Waals surface area contributed by atoms with Crippen LogP contribution in [0.4, 0.5) is 0 Å². The Kier molecular flexibility index (Phi) is 5.34. The number of hydrogen-bond acceptors (Lipinski definition) is 4. The third kappa shape index (κ3) is 3.45. The molecule has 0 saturated heterocycles. The molecule has 0 aliphatic carbocycles. The second kappa shape index (κ2) is 7.25. The molecule has 2 aromatic rings. The van der Waals surface area contributed by atoms with Crippen LogP contribution in [0.25, 0.3) is 0 Å². The highest BCUT2D eigenvalue weighted by Gasteiger charge is 2.27. The highest BCUT2D eigenvalue weighted by Crippen LogP contribution is 2.40. The zero-order valence-corrected chi connectivity index (χ0v) is 14.7. The van der Waals surface area contributed by atoms with Gasteiger partial charge in [0.1, 0.15) is 0 Å². The molecule has 0 radical (unpaired) electrons. The van der Waals surface area contributed by atoms with E-state index < -0.39 is 5.54 Å². The lowest BCUT2D eigenvalue weighted by Crippen LogP contribution is -2.41. The lowest BCUT2D eigenvalue weighted by atomic mass is 9.94. The lowest BCUT2D eigenvalue weighted by Gasteiger charge is -2.27. The van der Waals surface area contributed by atoms with Gasteiger partial charge in [-0.3, -0.25) is 4.79 Å². The minimum Gasteiger partial charge on any atom is -0.493 e. The Hall–Kier alpha value is -2.69. The van der Waals surface area contributed by atoms with Crippen molar-refractivity contribution in [2.75, 3.05) is 21.3 Å². The number of benzene rings is 2. The van der Waals surface area contributed by atoms with Gasteiger partial charge in [-0.1, -0.05) is 30.3 Å². The SMILES string of the molecule is COc1ccc(C(=O)NC(C)(C)c2ccccc2)c(OC)c1OC. The van der Waals surface area contributed by atoms with E-state index in [-0.39, 0.29) is 5.91 Å². The molecule has 0 fully saturated rings. The molecule has 1 amide bonds. The van der Waals surface area contributed by atoms with Crippen molar-refractivity contribution in [1.82, 2.24) is 5.32 Å². The first kappa shape index (κ1) is 17.7. The maximum absolute atomic E-state index is 12.8. The highest BCUT2D eigenvalue weighted by molar-refractivity contribution is 5.98. The molecule has 5 nitrogen and oxygen atoms in total. The first-order valence-electron chi connectivity index (χ1n) is 7.61. The summed E-state index contributed by atoms with van der Waals surface area (Å²) in [5.41, 5.74) is 0.869. The lowest BCUT2D eigenvalue weighted by molar-refractivity contribution is 0.0908. The summed E-state index contributed by atoms with van der Waals surface area (Å²) in [4.78, 5) is 12.8. The number of rotatable bonds is 6. The van der Waals surface area contributed by atoms with Gasteiger partial charge in [-0.05, 0) is 31.5 Å². The van der Waals surface area contributed by atoms with Gasteiger partial charge in [-0.15, -0.1) is 0 Å². The van der Waals surface area contributed by atoms with Crippen LogP contribution < -0.4 is 19.5 Å². The fourth-order valence-electron chi connectivity index (χ4n) is 2.56. The van der Waals surface area contributed by atoms with Gasteiger partial charge in [-0.2, -0.15) is 0 Å². The molecule has 0 bridgehead atoms. The largest absolute Gasteiger partial charge is 0.493 e. The van der Waals surface area contributed by atoms with Crippen molar-refractivity contribution in [2.45, 2.75) is 19.4 Å². The van der Waals surface area contributed by atoms with Crippen LogP contribution in [-0.2, 0) is 5.54 Å². The molecule has 0 aromatic heterocycles.